The Hall–Kier alpha value is -2.28. The van der Waals surface area contributed by atoms with Crippen molar-refractivity contribution in [2.24, 2.45) is 5.92 Å². The van der Waals surface area contributed by atoms with Crippen molar-refractivity contribution in [2.75, 3.05) is 44.8 Å². The Morgan fingerprint density at radius 3 is 2.64 bits per heavy atom. The highest BCUT2D eigenvalue weighted by atomic mass is 16.6. The number of piperidine rings is 1. The second-order valence-electron chi connectivity index (χ2n) is 6.36. The lowest BCUT2D eigenvalue weighted by molar-refractivity contribution is -0.897. The summed E-state index contributed by atoms with van der Waals surface area (Å²) in [4.78, 5) is 25.2. The molecule has 7 heteroatoms. The summed E-state index contributed by atoms with van der Waals surface area (Å²) in [5.41, 5.74) is 0.704. The van der Waals surface area contributed by atoms with Crippen LogP contribution >= 0.6 is 0 Å². The zero-order valence-electron chi connectivity index (χ0n) is 14.5. The molecule has 3 rings (SSSR count). The van der Waals surface area contributed by atoms with Gasteiger partial charge in [-0.3, -0.25) is 9.59 Å². The van der Waals surface area contributed by atoms with E-state index in [1.165, 1.54) is 4.90 Å². The van der Waals surface area contributed by atoms with Gasteiger partial charge in [0, 0.05) is 24.6 Å². The van der Waals surface area contributed by atoms with Gasteiger partial charge in [-0.25, -0.2) is 0 Å². The maximum Gasteiger partial charge on any atom is 0.309 e. The SMILES string of the molecule is CCOC(=O)C1CC[NH+](CC(=O)Nc2ccc3c(c2)OCCO3)CC1. The molecule has 0 atom stereocenters. The van der Waals surface area contributed by atoms with Crippen LogP contribution in [0.1, 0.15) is 19.8 Å². The van der Waals surface area contributed by atoms with Crippen molar-refractivity contribution in [1.29, 1.82) is 0 Å². The summed E-state index contributed by atoms with van der Waals surface area (Å²) in [6.07, 6.45) is 1.54. The first-order chi connectivity index (χ1) is 12.2. The predicted octanol–water partition coefficient (Wildman–Crippen LogP) is 0.254. The van der Waals surface area contributed by atoms with Gasteiger partial charge in [-0.15, -0.1) is 0 Å². The molecule has 1 aromatic rings. The number of ether oxygens (including phenoxy) is 3. The van der Waals surface area contributed by atoms with E-state index in [9.17, 15) is 9.59 Å². The topological polar surface area (TPSA) is 78.3 Å². The first kappa shape index (κ1) is 17.5. The second-order valence-corrected chi connectivity index (χ2v) is 6.36. The Morgan fingerprint density at radius 1 is 1.20 bits per heavy atom. The molecule has 0 unspecified atom stereocenters. The Balaban J connectivity index is 1.46. The lowest BCUT2D eigenvalue weighted by Gasteiger charge is -2.27. The van der Waals surface area contributed by atoms with Crippen LogP contribution in [0.4, 0.5) is 5.69 Å². The summed E-state index contributed by atoms with van der Waals surface area (Å²) in [7, 11) is 0. The van der Waals surface area contributed by atoms with Gasteiger partial charge in [-0.05, 0) is 19.1 Å². The molecule has 0 spiro atoms. The second kappa shape index (κ2) is 8.20. The summed E-state index contributed by atoms with van der Waals surface area (Å²) in [5.74, 6) is 1.19. The van der Waals surface area contributed by atoms with E-state index in [1.54, 1.807) is 6.07 Å². The standard InChI is InChI=1S/C18H24N2O5/c1-2-23-18(22)13-5-7-20(8-6-13)12-17(21)19-14-3-4-15-16(11-14)25-10-9-24-15/h3-4,11,13H,2,5-10,12H2,1H3,(H,19,21)/p+1. The van der Waals surface area contributed by atoms with Crippen LogP contribution in [0.2, 0.25) is 0 Å². The number of carbonyl (C=O) groups is 2. The largest absolute Gasteiger partial charge is 0.486 e. The lowest BCUT2D eigenvalue weighted by Crippen LogP contribution is -3.14. The number of hydrogen-bond donors (Lipinski definition) is 2. The number of amides is 1. The fourth-order valence-electron chi connectivity index (χ4n) is 3.25. The Kier molecular flexibility index (Phi) is 5.75. The van der Waals surface area contributed by atoms with Gasteiger partial charge < -0.3 is 24.4 Å². The molecule has 0 aromatic heterocycles. The van der Waals surface area contributed by atoms with Crippen LogP contribution in [0.25, 0.3) is 0 Å². The number of likely N-dealkylation sites (tertiary alicyclic amines) is 1. The van der Waals surface area contributed by atoms with E-state index >= 15 is 0 Å². The summed E-state index contributed by atoms with van der Waals surface area (Å²) >= 11 is 0. The van der Waals surface area contributed by atoms with Crippen molar-refractivity contribution in [2.45, 2.75) is 19.8 Å². The first-order valence-corrected chi connectivity index (χ1v) is 8.85. The zero-order chi connectivity index (χ0) is 17.6. The smallest absolute Gasteiger partial charge is 0.309 e. The normalized spacial score (nSPS) is 22.1. The van der Waals surface area contributed by atoms with Crippen LogP contribution in [0, 0.1) is 5.92 Å². The van der Waals surface area contributed by atoms with Crippen LogP contribution in [-0.4, -0.2) is 51.3 Å². The number of fused-ring (bicyclic) bond motifs is 1. The Labute approximate surface area is 147 Å². The van der Waals surface area contributed by atoms with E-state index < -0.39 is 0 Å². The molecule has 2 heterocycles. The van der Waals surface area contributed by atoms with Crippen molar-refractivity contribution in [3.05, 3.63) is 18.2 Å². The van der Waals surface area contributed by atoms with Gasteiger partial charge in [-0.1, -0.05) is 0 Å². The molecular formula is C18H25N2O5+. The van der Waals surface area contributed by atoms with Gasteiger partial charge >= 0.3 is 5.97 Å². The van der Waals surface area contributed by atoms with Gasteiger partial charge in [0.15, 0.2) is 18.0 Å². The molecule has 25 heavy (non-hydrogen) atoms. The third-order valence-electron chi connectivity index (χ3n) is 4.55. The monoisotopic (exact) mass is 349 g/mol. The van der Waals surface area contributed by atoms with Crippen LogP contribution in [-0.2, 0) is 14.3 Å². The summed E-state index contributed by atoms with van der Waals surface area (Å²) < 4.78 is 16.1. The van der Waals surface area contributed by atoms with Crippen molar-refractivity contribution in [1.82, 2.24) is 0 Å². The van der Waals surface area contributed by atoms with Gasteiger partial charge in [0.1, 0.15) is 13.2 Å². The summed E-state index contributed by atoms with van der Waals surface area (Å²) in [6.45, 7) is 5.30. The summed E-state index contributed by atoms with van der Waals surface area (Å²) in [5, 5.41) is 2.91. The van der Waals surface area contributed by atoms with Crippen LogP contribution < -0.4 is 19.7 Å². The third kappa shape index (κ3) is 4.63. The molecule has 2 aliphatic heterocycles. The molecule has 1 saturated heterocycles. The molecular weight excluding hydrogens is 324 g/mol. The van der Waals surface area contributed by atoms with Crippen molar-refractivity contribution in [3.63, 3.8) is 0 Å². The number of hydrogen-bond acceptors (Lipinski definition) is 5. The van der Waals surface area contributed by atoms with Crippen molar-refractivity contribution < 1.29 is 28.7 Å². The minimum absolute atomic E-state index is 0.0236. The number of esters is 1. The van der Waals surface area contributed by atoms with Gasteiger partial charge in [0.05, 0.1) is 25.6 Å². The number of benzene rings is 1. The maximum atomic E-state index is 12.3. The van der Waals surface area contributed by atoms with Gasteiger partial charge in [0.2, 0.25) is 0 Å². The van der Waals surface area contributed by atoms with E-state index in [-0.39, 0.29) is 17.8 Å². The summed E-state index contributed by atoms with van der Waals surface area (Å²) in [6, 6.07) is 5.41. The number of nitrogens with one attached hydrogen (secondary N) is 2. The van der Waals surface area contributed by atoms with E-state index in [0.717, 1.165) is 25.9 Å². The van der Waals surface area contributed by atoms with Crippen LogP contribution in [0.3, 0.4) is 0 Å². The van der Waals surface area contributed by atoms with Crippen molar-refractivity contribution >= 4 is 17.6 Å². The number of quaternary nitrogens is 1. The van der Waals surface area contributed by atoms with E-state index in [4.69, 9.17) is 14.2 Å². The highest BCUT2D eigenvalue weighted by Crippen LogP contribution is 2.32. The minimum atomic E-state index is -0.109. The quantitative estimate of drug-likeness (QED) is 0.746. The third-order valence-corrected chi connectivity index (χ3v) is 4.55. The maximum absolute atomic E-state index is 12.3. The first-order valence-electron chi connectivity index (χ1n) is 8.85. The zero-order valence-corrected chi connectivity index (χ0v) is 14.5. The average molecular weight is 349 g/mol. The minimum Gasteiger partial charge on any atom is -0.486 e. The molecule has 136 valence electrons. The highest BCUT2D eigenvalue weighted by Gasteiger charge is 2.29. The van der Waals surface area contributed by atoms with Gasteiger partial charge in [-0.2, -0.15) is 0 Å². The molecule has 0 saturated carbocycles. The molecule has 0 radical (unpaired) electrons. The van der Waals surface area contributed by atoms with Crippen LogP contribution in [0.15, 0.2) is 18.2 Å². The molecule has 1 aromatic carbocycles. The average Bonchev–Trinajstić information content (AvgIpc) is 2.62. The van der Waals surface area contributed by atoms with E-state index in [1.807, 2.05) is 19.1 Å². The number of carbonyl (C=O) groups excluding carboxylic acids is 2. The molecule has 2 aliphatic rings. The molecule has 2 N–H and O–H groups in total. The van der Waals surface area contributed by atoms with E-state index in [2.05, 4.69) is 5.32 Å². The Morgan fingerprint density at radius 2 is 1.92 bits per heavy atom. The molecule has 1 fully saturated rings. The fourth-order valence-corrected chi connectivity index (χ4v) is 3.25. The number of rotatable bonds is 5. The van der Waals surface area contributed by atoms with E-state index in [0.29, 0.717) is 43.6 Å². The molecule has 7 nitrogen and oxygen atoms in total. The Bertz CT molecular complexity index is 626. The highest BCUT2D eigenvalue weighted by molar-refractivity contribution is 5.91. The van der Waals surface area contributed by atoms with Crippen LogP contribution in [0.5, 0.6) is 11.5 Å². The molecule has 0 bridgehead atoms. The molecule has 1 amide bonds. The van der Waals surface area contributed by atoms with Gasteiger partial charge in [0.25, 0.3) is 5.91 Å². The predicted molar refractivity (Wildman–Crippen MR) is 91.0 cm³/mol. The van der Waals surface area contributed by atoms with Crippen molar-refractivity contribution in [3.8, 4) is 11.5 Å². The lowest BCUT2D eigenvalue weighted by atomic mass is 9.97. The molecule has 0 aliphatic carbocycles. The fraction of sp³-hybridized carbons (Fsp3) is 0.556. The number of anilines is 1.